The van der Waals surface area contributed by atoms with Crippen LogP contribution in [-0.2, 0) is 0 Å². The van der Waals surface area contributed by atoms with Crippen LogP contribution in [-0.4, -0.2) is 35.3 Å². The summed E-state index contributed by atoms with van der Waals surface area (Å²) in [6.07, 6.45) is 0.830. The second-order valence-corrected chi connectivity index (χ2v) is 5.78. The van der Waals surface area contributed by atoms with Gasteiger partial charge in [-0.3, -0.25) is 4.79 Å². The number of pyridine rings is 1. The van der Waals surface area contributed by atoms with E-state index in [4.69, 9.17) is 17.0 Å². The van der Waals surface area contributed by atoms with Crippen LogP contribution < -0.4 is 10.1 Å². The van der Waals surface area contributed by atoms with E-state index in [1.54, 1.807) is 24.4 Å². The lowest BCUT2D eigenvalue weighted by atomic mass is 10.2. The van der Waals surface area contributed by atoms with E-state index in [9.17, 15) is 9.90 Å². The number of para-hydroxylation sites is 1. The summed E-state index contributed by atoms with van der Waals surface area (Å²) in [4.78, 5) is 14.7. The number of hydrogen-bond donors (Lipinski definition) is 3. The lowest BCUT2D eigenvalue weighted by Crippen LogP contribution is -2.35. The third-order valence-electron chi connectivity index (χ3n) is 2.83. The molecular formula is C15H15BrN2O3S. The molecule has 1 heterocycles. The fourth-order valence-electron chi connectivity index (χ4n) is 1.71. The number of benzene rings is 1. The van der Waals surface area contributed by atoms with Crippen molar-refractivity contribution in [2.24, 2.45) is 0 Å². The van der Waals surface area contributed by atoms with Crippen molar-refractivity contribution in [3.05, 3.63) is 57.3 Å². The van der Waals surface area contributed by atoms with E-state index in [0.29, 0.717) is 16.0 Å². The fraction of sp³-hybridized carbons (Fsp3) is 0.200. The summed E-state index contributed by atoms with van der Waals surface area (Å²) < 4.78 is 6.65. The van der Waals surface area contributed by atoms with Crippen molar-refractivity contribution in [1.29, 1.82) is 0 Å². The Labute approximate surface area is 141 Å². The number of H-pyrrole nitrogens is 1. The van der Waals surface area contributed by atoms with Crippen LogP contribution in [0.25, 0.3) is 0 Å². The van der Waals surface area contributed by atoms with Crippen LogP contribution in [0.4, 0.5) is 0 Å². The van der Waals surface area contributed by atoms with Gasteiger partial charge in [-0.1, -0.05) is 24.4 Å². The minimum Gasteiger partial charge on any atom is -0.490 e. The molecule has 0 aliphatic rings. The number of hydrogen-bond acceptors (Lipinski definition) is 4. The van der Waals surface area contributed by atoms with Gasteiger partial charge in [0.2, 0.25) is 0 Å². The molecule has 2 aromatic rings. The molecule has 1 amide bonds. The van der Waals surface area contributed by atoms with E-state index < -0.39 is 6.10 Å². The van der Waals surface area contributed by atoms with E-state index >= 15 is 0 Å². The zero-order valence-electron chi connectivity index (χ0n) is 11.6. The molecule has 0 aliphatic heterocycles. The predicted octanol–water partition coefficient (Wildman–Crippen LogP) is 2.68. The molecule has 1 aromatic carbocycles. The zero-order valence-corrected chi connectivity index (χ0v) is 14.0. The van der Waals surface area contributed by atoms with Crippen molar-refractivity contribution in [1.82, 2.24) is 10.3 Å². The summed E-state index contributed by atoms with van der Waals surface area (Å²) in [7, 11) is 0. The topological polar surface area (TPSA) is 74.3 Å². The molecular weight excluding hydrogens is 368 g/mol. The van der Waals surface area contributed by atoms with E-state index in [1.807, 2.05) is 18.2 Å². The Hall–Kier alpha value is -1.70. The lowest BCUT2D eigenvalue weighted by molar-refractivity contribution is 0.0842. The largest absolute Gasteiger partial charge is 0.490 e. The van der Waals surface area contributed by atoms with E-state index in [1.165, 1.54) is 0 Å². The number of halogens is 1. The highest BCUT2D eigenvalue weighted by Crippen LogP contribution is 2.23. The zero-order chi connectivity index (χ0) is 15.9. The van der Waals surface area contributed by atoms with E-state index in [0.717, 1.165) is 4.47 Å². The first-order valence-electron chi connectivity index (χ1n) is 6.59. The van der Waals surface area contributed by atoms with Crippen molar-refractivity contribution < 1.29 is 14.6 Å². The standard InChI is InChI=1S/C15H15BrN2O3S/c16-12-5-1-2-6-13(12)21-9-10(19)8-18-14(20)11-4-3-7-17-15(11)22/h1-7,10,19H,8-9H2,(H,17,22)(H,18,20)/t10-/m1/s1. The molecule has 116 valence electrons. The Morgan fingerprint density at radius 1 is 1.36 bits per heavy atom. The van der Waals surface area contributed by atoms with Gasteiger partial charge in [-0.05, 0) is 40.2 Å². The van der Waals surface area contributed by atoms with Crippen LogP contribution in [0.5, 0.6) is 5.75 Å². The van der Waals surface area contributed by atoms with E-state index in [-0.39, 0.29) is 19.1 Å². The Kier molecular flexibility index (Phi) is 6.11. The molecule has 0 saturated carbocycles. The number of carbonyl (C=O) groups is 1. The quantitative estimate of drug-likeness (QED) is 0.671. The number of aliphatic hydroxyl groups excluding tert-OH is 1. The summed E-state index contributed by atoms with van der Waals surface area (Å²) in [5.74, 6) is 0.306. The second-order valence-electron chi connectivity index (χ2n) is 4.52. The summed E-state index contributed by atoms with van der Waals surface area (Å²) in [6.45, 7) is 0.150. The van der Waals surface area contributed by atoms with Crippen LogP contribution in [0.3, 0.4) is 0 Å². The van der Waals surface area contributed by atoms with Gasteiger partial charge in [0.25, 0.3) is 5.91 Å². The van der Waals surface area contributed by atoms with Crippen LogP contribution in [0.1, 0.15) is 10.4 Å². The number of aliphatic hydroxyl groups is 1. The first-order valence-corrected chi connectivity index (χ1v) is 7.79. The molecule has 7 heteroatoms. The molecule has 5 nitrogen and oxygen atoms in total. The van der Waals surface area contributed by atoms with Crippen molar-refractivity contribution in [3.63, 3.8) is 0 Å². The normalized spacial score (nSPS) is 11.7. The van der Waals surface area contributed by atoms with Crippen molar-refractivity contribution >= 4 is 34.1 Å². The van der Waals surface area contributed by atoms with Gasteiger partial charge in [-0.25, -0.2) is 0 Å². The van der Waals surface area contributed by atoms with Gasteiger partial charge >= 0.3 is 0 Å². The Morgan fingerprint density at radius 3 is 2.86 bits per heavy atom. The third-order valence-corrected chi connectivity index (χ3v) is 3.82. The Morgan fingerprint density at radius 2 is 2.14 bits per heavy atom. The summed E-state index contributed by atoms with van der Waals surface area (Å²) in [5, 5.41) is 12.5. The number of aromatic amines is 1. The average molecular weight is 383 g/mol. The number of amides is 1. The molecule has 0 radical (unpaired) electrons. The van der Waals surface area contributed by atoms with Crippen LogP contribution >= 0.6 is 28.1 Å². The predicted molar refractivity (Wildman–Crippen MR) is 89.6 cm³/mol. The second kappa shape index (κ2) is 8.07. The monoisotopic (exact) mass is 382 g/mol. The SMILES string of the molecule is O=C(NC[C@@H](O)COc1ccccc1Br)c1ccc[nH]c1=S. The maximum absolute atomic E-state index is 11.9. The summed E-state index contributed by atoms with van der Waals surface area (Å²) in [5.41, 5.74) is 0.372. The third kappa shape index (κ3) is 4.66. The molecule has 0 spiro atoms. The number of nitrogens with one attached hydrogen (secondary N) is 2. The first kappa shape index (κ1) is 16.7. The average Bonchev–Trinajstić information content (AvgIpc) is 2.52. The maximum atomic E-state index is 11.9. The van der Waals surface area contributed by atoms with Crippen LogP contribution in [0.2, 0.25) is 0 Å². The van der Waals surface area contributed by atoms with Gasteiger partial charge < -0.3 is 20.1 Å². The van der Waals surface area contributed by atoms with Gasteiger partial charge in [0.15, 0.2) is 0 Å². The Balaban J connectivity index is 1.82. The van der Waals surface area contributed by atoms with Crippen molar-refractivity contribution in [2.45, 2.75) is 6.10 Å². The molecule has 0 fully saturated rings. The minimum atomic E-state index is -0.822. The van der Waals surface area contributed by atoms with Crippen LogP contribution in [0, 0.1) is 4.64 Å². The highest BCUT2D eigenvalue weighted by atomic mass is 79.9. The summed E-state index contributed by atoms with van der Waals surface area (Å²) in [6, 6.07) is 10.7. The smallest absolute Gasteiger partial charge is 0.254 e. The van der Waals surface area contributed by atoms with Gasteiger partial charge in [-0.15, -0.1) is 0 Å². The highest BCUT2D eigenvalue weighted by molar-refractivity contribution is 9.10. The molecule has 2 rings (SSSR count). The van der Waals surface area contributed by atoms with Crippen molar-refractivity contribution in [3.8, 4) is 5.75 Å². The molecule has 0 aliphatic carbocycles. The lowest BCUT2D eigenvalue weighted by Gasteiger charge is -2.14. The molecule has 1 atom stereocenters. The molecule has 3 N–H and O–H groups in total. The van der Waals surface area contributed by atoms with Crippen molar-refractivity contribution in [2.75, 3.05) is 13.2 Å². The maximum Gasteiger partial charge on any atom is 0.254 e. The van der Waals surface area contributed by atoms with E-state index in [2.05, 4.69) is 26.2 Å². The molecule has 0 unspecified atom stereocenters. The highest BCUT2D eigenvalue weighted by Gasteiger charge is 2.11. The fourth-order valence-corrected chi connectivity index (χ4v) is 2.34. The molecule has 0 saturated heterocycles. The van der Waals surface area contributed by atoms with Gasteiger partial charge in [-0.2, -0.15) is 0 Å². The first-order chi connectivity index (χ1) is 10.6. The molecule has 22 heavy (non-hydrogen) atoms. The number of rotatable bonds is 6. The van der Waals surface area contributed by atoms with Crippen LogP contribution in [0.15, 0.2) is 47.1 Å². The number of aromatic nitrogens is 1. The summed E-state index contributed by atoms with van der Waals surface area (Å²) >= 11 is 8.38. The number of carbonyl (C=O) groups excluding carboxylic acids is 1. The molecule has 0 bridgehead atoms. The minimum absolute atomic E-state index is 0.0739. The number of ether oxygens (including phenoxy) is 1. The Bertz CT molecular complexity index is 705. The molecule has 1 aromatic heterocycles. The van der Waals surface area contributed by atoms with Gasteiger partial charge in [0.1, 0.15) is 23.1 Å². The van der Waals surface area contributed by atoms with Gasteiger partial charge in [0.05, 0.1) is 10.0 Å². The van der Waals surface area contributed by atoms with Gasteiger partial charge in [0, 0.05) is 12.7 Å².